The molecule has 0 radical (unpaired) electrons. The summed E-state index contributed by atoms with van der Waals surface area (Å²) in [5.41, 5.74) is 3.03. The minimum atomic E-state index is -0.850. The molecule has 0 fully saturated rings. The first-order valence-electron chi connectivity index (χ1n) is 7.83. The van der Waals surface area contributed by atoms with Gasteiger partial charge >= 0.3 is 0 Å². The van der Waals surface area contributed by atoms with Crippen LogP contribution in [0.1, 0.15) is 29.7 Å². The van der Waals surface area contributed by atoms with E-state index >= 15 is 0 Å². The number of hydrogen-bond donors (Lipinski definition) is 2. The van der Waals surface area contributed by atoms with Crippen LogP contribution < -0.4 is 10.6 Å². The van der Waals surface area contributed by atoms with Crippen molar-refractivity contribution in [2.75, 3.05) is 13.6 Å². The number of aryl methyl sites for hydroxylation is 1. The molecular formula is C18H22F2N4. The number of hydrogen-bond acceptors (Lipinski definition) is 2. The smallest absolute Gasteiger partial charge is 0.191 e. The molecule has 0 saturated carbocycles. The van der Waals surface area contributed by atoms with Crippen LogP contribution >= 0.6 is 0 Å². The predicted molar refractivity (Wildman–Crippen MR) is 91.9 cm³/mol. The maximum Gasteiger partial charge on any atom is 0.191 e. The molecule has 1 unspecified atom stereocenters. The molecule has 0 amide bonds. The Morgan fingerprint density at radius 3 is 2.71 bits per heavy atom. The first-order valence-corrected chi connectivity index (χ1v) is 7.83. The Kier molecular flexibility index (Phi) is 6.23. The highest BCUT2D eigenvalue weighted by molar-refractivity contribution is 5.80. The summed E-state index contributed by atoms with van der Waals surface area (Å²) in [7, 11) is 1.67. The maximum atomic E-state index is 13.3. The van der Waals surface area contributed by atoms with Gasteiger partial charge in [0.25, 0.3) is 0 Å². The zero-order valence-electron chi connectivity index (χ0n) is 14.1. The summed E-state index contributed by atoms with van der Waals surface area (Å²) >= 11 is 0. The first-order chi connectivity index (χ1) is 11.5. The lowest BCUT2D eigenvalue weighted by atomic mass is 10.1. The molecule has 2 rings (SSSR count). The van der Waals surface area contributed by atoms with Gasteiger partial charge in [-0.3, -0.25) is 9.98 Å². The van der Waals surface area contributed by atoms with Crippen molar-refractivity contribution in [3.8, 4) is 0 Å². The van der Waals surface area contributed by atoms with Gasteiger partial charge in [-0.25, -0.2) is 8.78 Å². The Morgan fingerprint density at radius 1 is 1.25 bits per heavy atom. The minimum Gasteiger partial charge on any atom is -0.356 e. The molecule has 0 aliphatic heterocycles. The van der Waals surface area contributed by atoms with Gasteiger partial charge in [-0.05, 0) is 55.2 Å². The lowest BCUT2D eigenvalue weighted by molar-refractivity contribution is 0.504. The number of nitrogens with one attached hydrogen (secondary N) is 2. The molecule has 1 aromatic heterocycles. The van der Waals surface area contributed by atoms with Crippen molar-refractivity contribution < 1.29 is 8.78 Å². The molecule has 128 valence electrons. The molecule has 2 aromatic rings. The van der Waals surface area contributed by atoms with Gasteiger partial charge < -0.3 is 10.6 Å². The Labute approximate surface area is 141 Å². The zero-order valence-corrected chi connectivity index (χ0v) is 14.1. The molecule has 24 heavy (non-hydrogen) atoms. The number of aliphatic imine (C=N–C) groups is 1. The topological polar surface area (TPSA) is 49.3 Å². The molecule has 1 heterocycles. The van der Waals surface area contributed by atoms with Crippen LogP contribution in [0.15, 0.2) is 41.7 Å². The summed E-state index contributed by atoms with van der Waals surface area (Å²) in [4.78, 5) is 8.24. The van der Waals surface area contributed by atoms with Crippen molar-refractivity contribution >= 4 is 5.96 Å². The van der Waals surface area contributed by atoms with Gasteiger partial charge in [-0.15, -0.1) is 0 Å². The fourth-order valence-electron chi connectivity index (χ4n) is 2.36. The highest BCUT2D eigenvalue weighted by Crippen LogP contribution is 2.15. The van der Waals surface area contributed by atoms with Crippen molar-refractivity contribution in [3.63, 3.8) is 0 Å². The second-order valence-electron chi connectivity index (χ2n) is 5.59. The van der Waals surface area contributed by atoms with E-state index in [2.05, 4.69) is 20.6 Å². The van der Waals surface area contributed by atoms with Crippen molar-refractivity contribution in [1.82, 2.24) is 15.6 Å². The molecule has 0 bridgehead atoms. The monoisotopic (exact) mass is 332 g/mol. The number of halogens is 2. The Hall–Kier alpha value is -2.50. The van der Waals surface area contributed by atoms with Crippen molar-refractivity contribution in [2.45, 2.75) is 26.3 Å². The number of nitrogens with zero attached hydrogens (tertiary/aromatic N) is 2. The van der Waals surface area contributed by atoms with E-state index in [0.29, 0.717) is 18.1 Å². The van der Waals surface area contributed by atoms with Gasteiger partial charge in [-0.1, -0.05) is 6.07 Å². The van der Waals surface area contributed by atoms with Gasteiger partial charge in [0.1, 0.15) is 0 Å². The van der Waals surface area contributed by atoms with Gasteiger partial charge in [0.05, 0.1) is 6.04 Å². The molecule has 0 saturated heterocycles. The Morgan fingerprint density at radius 2 is 2.04 bits per heavy atom. The van der Waals surface area contributed by atoms with Crippen LogP contribution in [0.2, 0.25) is 0 Å². The minimum absolute atomic E-state index is 0.200. The summed E-state index contributed by atoms with van der Waals surface area (Å²) in [6.07, 6.45) is 4.46. The highest BCUT2D eigenvalue weighted by atomic mass is 19.2. The summed E-state index contributed by atoms with van der Waals surface area (Å²) in [5, 5.41) is 6.39. The first kappa shape index (κ1) is 17.8. The largest absolute Gasteiger partial charge is 0.356 e. The third-order valence-electron chi connectivity index (χ3n) is 3.84. The van der Waals surface area contributed by atoms with Gasteiger partial charge in [0, 0.05) is 26.0 Å². The van der Waals surface area contributed by atoms with Crippen LogP contribution in [0.5, 0.6) is 0 Å². The zero-order chi connectivity index (χ0) is 17.5. The normalized spacial score (nSPS) is 12.8. The molecule has 0 aliphatic carbocycles. The fraction of sp³-hybridized carbons (Fsp3) is 0.333. The fourth-order valence-corrected chi connectivity index (χ4v) is 2.36. The molecule has 0 spiro atoms. The second kappa shape index (κ2) is 8.38. The molecule has 6 heteroatoms. The van der Waals surface area contributed by atoms with E-state index < -0.39 is 11.6 Å². The number of pyridine rings is 1. The van der Waals surface area contributed by atoms with Crippen molar-refractivity contribution in [1.29, 1.82) is 0 Å². The van der Waals surface area contributed by atoms with E-state index in [9.17, 15) is 8.78 Å². The number of guanidine groups is 1. The van der Waals surface area contributed by atoms with E-state index in [1.807, 2.05) is 26.1 Å². The van der Waals surface area contributed by atoms with Crippen LogP contribution in [-0.2, 0) is 6.42 Å². The number of rotatable bonds is 5. The summed E-state index contributed by atoms with van der Waals surface area (Å²) in [6, 6.07) is 5.68. The Bertz CT molecular complexity index is 716. The van der Waals surface area contributed by atoms with E-state index in [-0.39, 0.29) is 6.04 Å². The van der Waals surface area contributed by atoms with E-state index in [4.69, 9.17) is 0 Å². The summed E-state index contributed by atoms with van der Waals surface area (Å²) < 4.78 is 26.3. The molecule has 1 atom stereocenters. The van der Waals surface area contributed by atoms with Crippen LogP contribution in [0.25, 0.3) is 0 Å². The van der Waals surface area contributed by atoms with Gasteiger partial charge in [0.15, 0.2) is 17.6 Å². The van der Waals surface area contributed by atoms with E-state index in [0.717, 1.165) is 18.1 Å². The average Bonchev–Trinajstić information content (AvgIpc) is 2.57. The lowest BCUT2D eigenvalue weighted by Crippen LogP contribution is -2.39. The molecule has 4 nitrogen and oxygen atoms in total. The number of aromatic nitrogens is 1. The molecule has 0 aliphatic rings. The SMILES string of the molecule is CN=C(NCCc1ccncc1C)NC(C)c1ccc(F)c(F)c1. The summed E-state index contributed by atoms with van der Waals surface area (Å²) in [6.45, 7) is 4.60. The quantitative estimate of drug-likeness (QED) is 0.653. The standard InChI is InChI=1S/C18H22F2N4/c1-12-11-22-8-6-14(12)7-9-23-18(21-3)24-13(2)15-4-5-16(19)17(20)10-15/h4-6,8,10-11,13H,7,9H2,1-3H3,(H2,21,23,24). The van der Waals surface area contributed by atoms with Crippen LogP contribution in [-0.4, -0.2) is 24.5 Å². The second-order valence-corrected chi connectivity index (χ2v) is 5.59. The molecular weight excluding hydrogens is 310 g/mol. The van der Waals surface area contributed by atoms with Crippen LogP contribution in [0, 0.1) is 18.6 Å². The third kappa shape index (κ3) is 4.75. The highest BCUT2D eigenvalue weighted by Gasteiger charge is 2.10. The van der Waals surface area contributed by atoms with Gasteiger partial charge in [0.2, 0.25) is 0 Å². The lowest BCUT2D eigenvalue weighted by Gasteiger charge is -2.18. The average molecular weight is 332 g/mol. The van der Waals surface area contributed by atoms with Crippen LogP contribution in [0.4, 0.5) is 8.78 Å². The van der Waals surface area contributed by atoms with Crippen LogP contribution in [0.3, 0.4) is 0 Å². The summed E-state index contributed by atoms with van der Waals surface area (Å²) in [5.74, 6) is -1.09. The van der Waals surface area contributed by atoms with Crippen molar-refractivity contribution in [3.05, 3.63) is 65.0 Å². The maximum absolute atomic E-state index is 13.3. The molecule has 1 aromatic carbocycles. The van der Waals surface area contributed by atoms with E-state index in [1.54, 1.807) is 19.3 Å². The Balaban J connectivity index is 1.90. The molecule has 2 N–H and O–H groups in total. The van der Waals surface area contributed by atoms with Crippen molar-refractivity contribution in [2.24, 2.45) is 4.99 Å². The predicted octanol–water partition coefficient (Wildman–Crippen LogP) is 3.14. The van der Waals surface area contributed by atoms with E-state index in [1.165, 1.54) is 11.6 Å². The van der Waals surface area contributed by atoms with Gasteiger partial charge in [-0.2, -0.15) is 0 Å². The number of benzene rings is 1. The third-order valence-corrected chi connectivity index (χ3v) is 3.84.